The van der Waals surface area contributed by atoms with Gasteiger partial charge in [-0.2, -0.15) is 10.2 Å². The number of carbonyl (C=O) groups is 2. The second kappa shape index (κ2) is 25.8. The lowest BCUT2D eigenvalue weighted by molar-refractivity contribution is -0.137. The largest absolute Gasteiger partial charge is 0.490 e. The van der Waals surface area contributed by atoms with Crippen LogP contribution in [0.5, 0.6) is 11.5 Å². The number of methoxy groups -OCH3 is 2. The third-order valence-corrected chi connectivity index (χ3v) is 11.3. The van der Waals surface area contributed by atoms with Crippen molar-refractivity contribution in [1.82, 2.24) is 39.7 Å². The summed E-state index contributed by atoms with van der Waals surface area (Å²) in [4.78, 5) is 79.2. The number of nitrogens with zero attached hydrogens (tertiary/aromatic N) is 7. The van der Waals surface area contributed by atoms with Crippen LogP contribution in [0.3, 0.4) is 0 Å². The molecule has 0 aliphatic rings. The first-order chi connectivity index (χ1) is 30.4. The Bertz CT molecular complexity index is 2380. The average Bonchev–Trinajstić information content (AvgIpc) is 3.88. The van der Waals surface area contributed by atoms with Crippen molar-refractivity contribution in [2.24, 2.45) is 0 Å². The van der Waals surface area contributed by atoms with Crippen LogP contribution in [0.25, 0.3) is 11.6 Å². The van der Waals surface area contributed by atoms with Gasteiger partial charge in [0, 0.05) is 64.3 Å². The zero-order valence-corrected chi connectivity index (χ0v) is 38.5. The van der Waals surface area contributed by atoms with E-state index in [4.69, 9.17) is 29.0 Å². The smallest absolute Gasteiger partial charge is 0.339 e. The summed E-state index contributed by atoms with van der Waals surface area (Å²) in [5, 5.41) is 20.7. The first-order valence-electron chi connectivity index (χ1n) is 19.1. The lowest BCUT2D eigenvalue weighted by Gasteiger charge is -2.20. The predicted octanol–water partition coefficient (Wildman–Crippen LogP) is 1.51. The molecule has 0 fully saturated rings. The topological polar surface area (TPSA) is 328 Å². The Labute approximate surface area is 368 Å². The number of nitrogens with one attached hydrogen (secondary N) is 1. The van der Waals surface area contributed by atoms with Crippen molar-refractivity contribution in [3.63, 3.8) is 0 Å². The average molecular weight is 975 g/mol. The Morgan fingerprint density at radius 3 is 1.83 bits per heavy atom. The molecule has 0 spiro atoms. The molecule has 1 aromatic carbocycles. The molecule has 0 saturated carbocycles. The van der Waals surface area contributed by atoms with Crippen LogP contribution >= 0.6 is 31.7 Å². The molecule has 3 atom stereocenters. The Kier molecular flexibility index (Phi) is 21.0. The highest BCUT2D eigenvalue weighted by molar-refractivity contribution is 7.51. The van der Waals surface area contributed by atoms with Crippen molar-refractivity contribution in [3.05, 3.63) is 76.9 Å². The molecule has 4 rings (SSSR count). The molecular formula is C36H50N8O16P4. The quantitative estimate of drug-likeness (QED) is 0.0253. The second-order valence-electron chi connectivity index (χ2n) is 13.7. The van der Waals surface area contributed by atoms with Gasteiger partial charge in [-0.05, 0) is 36.8 Å². The van der Waals surface area contributed by atoms with Gasteiger partial charge in [0.15, 0.2) is 11.6 Å². The van der Waals surface area contributed by atoms with E-state index in [0.29, 0.717) is 11.3 Å². The van der Waals surface area contributed by atoms with Gasteiger partial charge in [0.1, 0.15) is 31.0 Å². The van der Waals surface area contributed by atoms with Gasteiger partial charge in [-0.25, -0.2) is 14.3 Å². The number of ether oxygens (including phenoxy) is 4. The van der Waals surface area contributed by atoms with Gasteiger partial charge < -0.3 is 53.8 Å². The second-order valence-corrected chi connectivity index (χ2v) is 18.6. The van der Waals surface area contributed by atoms with Crippen molar-refractivity contribution >= 4 is 43.6 Å². The van der Waals surface area contributed by atoms with Crippen LogP contribution in [0, 0.1) is 11.8 Å². The van der Waals surface area contributed by atoms with Crippen LogP contribution in [0.2, 0.25) is 0 Å². The molecule has 3 unspecified atom stereocenters. The van der Waals surface area contributed by atoms with Crippen LogP contribution in [0.1, 0.15) is 45.7 Å². The summed E-state index contributed by atoms with van der Waals surface area (Å²) in [5.41, 5.74) is 1.35. The summed E-state index contributed by atoms with van der Waals surface area (Å²) in [6.07, 6.45) is 1.15. The van der Waals surface area contributed by atoms with E-state index in [0.717, 1.165) is 4.90 Å². The fourth-order valence-corrected chi connectivity index (χ4v) is 8.74. The molecule has 24 nitrogen and oxygen atoms in total. The Morgan fingerprint density at radius 2 is 1.31 bits per heavy atom. The van der Waals surface area contributed by atoms with Gasteiger partial charge in [0.25, 0.3) is 5.91 Å². The van der Waals surface area contributed by atoms with Crippen LogP contribution < -0.4 is 14.8 Å². The highest BCUT2D eigenvalue weighted by Crippen LogP contribution is 2.37. The molecule has 7 N–H and O–H groups in total. The van der Waals surface area contributed by atoms with E-state index in [2.05, 4.69) is 27.4 Å². The summed E-state index contributed by atoms with van der Waals surface area (Å²) in [6.45, 7) is 0.351. The maximum atomic E-state index is 13.4. The van der Waals surface area contributed by atoms with Crippen LogP contribution in [0.4, 0.5) is 0 Å². The van der Waals surface area contributed by atoms with Gasteiger partial charge >= 0.3 is 13.6 Å². The molecule has 0 saturated heterocycles. The number of carbonyl (C=O) groups excluding carboxylic acids is 1. The van der Waals surface area contributed by atoms with Crippen LogP contribution in [-0.4, -0.2) is 148 Å². The highest BCUT2D eigenvalue weighted by Gasteiger charge is 2.23. The molecule has 0 radical (unpaired) electrons. The Morgan fingerprint density at radius 1 is 0.781 bits per heavy atom. The predicted molar refractivity (Wildman–Crippen MR) is 231 cm³/mol. The molecule has 1 amide bonds. The van der Waals surface area contributed by atoms with Crippen molar-refractivity contribution in [3.8, 4) is 35.0 Å². The van der Waals surface area contributed by atoms with E-state index in [1.165, 1.54) is 52.9 Å². The lowest BCUT2D eigenvalue weighted by Crippen LogP contribution is -2.26. The molecule has 3 heterocycles. The van der Waals surface area contributed by atoms with E-state index in [1.807, 2.05) is 0 Å². The Hall–Kier alpha value is -4.55. The number of hydrogen-bond acceptors (Lipinski definition) is 15. The van der Waals surface area contributed by atoms with E-state index in [9.17, 15) is 52.3 Å². The normalized spacial score (nSPS) is 13.0. The standard InChI is InChI=1S/C36H50N8O16P4/c1-57-12-14-59-31-19-30(36(47)37-9-3-4-35(45)46)32(60-15-13-58-2)18-27(31)6-5-26-16-33(43-10-7-28(39-43)20-41(22-61(48)49)23-62(50)51)38-34(17-26)44-11-8-29(40-44)21-42(24-63(52)53)25-64(54,55)56/h7-8,10-11,16-19,61-63H,3-4,9,12-15,20-25H2,1-2H3,(H,37,47)(H,45,46)(H,48,49)(H,50,51)(H,52,53)(H2,54,55,56). The van der Waals surface area contributed by atoms with Crippen LogP contribution in [0.15, 0.2) is 48.8 Å². The lowest BCUT2D eigenvalue weighted by atomic mass is 10.1. The Balaban J connectivity index is 1.82. The van der Waals surface area contributed by atoms with E-state index >= 15 is 0 Å². The molecule has 3 aromatic heterocycles. The number of rotatable bonds is 27. The zero-order valence-electron chi connectivity index (χ0n) is 34.7. The molecular weight excluding hydrogens is 924 g/mol. The highest BCUT2D eigenvalue weighted by atomic mass is 31.2. The molecule has 64 heavy (non-hydrogen) atoms. The SMILES string of the molecule is COCCOc1cc(C(=O)NCCCC(=O)O)c(OCCOC)cc1C#Cc1cc(-n2ccc(CN(C[PH](=O)O)C[PH](=O)O)n2)nc(-n2ccc(CN(C[PH](=O)O)CP(=O)(O)O)n2)c1. The monoisotopic (exact) mass is 974 g/mol. The third kappa shape index (κ3) is 18.1. The van der Waals surface area contributed by atoms with Gasteiger partial charge in [-0.15, -0.1) is 0 Å². The maximum absolute atomic E-state index is 13.4. The van der Waals surface area contributed by atoms with Crippen molar-refractivity contribution in [2.45, 2.75) is 25.9 Å². The minimum absolute atomic E-state index is 0.0436. The molecule has 0 bridgehead atoms. The summed E-state index contributed by atoms with van der Waals surface area (Å²) in [6, 6.07) is 9.22. The van der Waals surface area contributed by atoms with Gasteiger partial charge in [0.05, 0.1) is 54.6 Å². The van der Waals surface area contributed by atoms with Gasteiger partial charge in [-0.1, -0.05) is 11.8 Å². The summed E-state index contributed by atoms with van der Waals surface area (Å²) >= 11 is 0. The number of aliphatic carboxylic acids is 1. The summed E-state index contributed by atoms with van der Waals surface area (Å²) in [5.74, 6) is 5.28. The van der Waals surface area contributed by atoms with Gasteiger partial charge in [-0.3, -0.25) is 37.6 Å². The number of amides is 1. The molecule has 0 aliphatic carbocycles. The van der Waals surface area contributed by atoms with Crippen LogP contribution in [-0.2, 0) is 45.6 Å². The van der Waals surface area contributed by atoms with Crippen molar-refractivity contribution < 1.29 is 76.4 Å². The minimum atomic E-state index is -4.61. The van der Waals surface area contributed by atoms with Gasteiger partial charge in [0.2, 0.25) is 24.1 Å². The summed E-state index contributed by atoms with van der Waals surface area (Å²) in [7, 11) is -10.9. The fraction of sp³-hybridized carbons (Fsp3) is 0.417. The number of pyridine rings is 1. The molecule has 28 heteroatoms. The van der Waals surface area contributed by atoms with E-state index < -0.39 is 56.1 Å². The third-order valence-electron chi connectivity index (χ3n) is 8.40. The van der Waals surface area contributed by atoms with Crippen molar-refractivity contribution in [1.29, 1.82) is 0 Å². The number of carboxylic acid groups (broad SMARTS) is 1. The number of hydrogen-bond donors (Lipinski definition) is 7. The first kappa shape index (κ1) is 52.1. The number of benzene rings is 1. The number of carboxylic acids is 1. The first-order valence-corrected chi connectivity index (χ1v) is 25.6. The van der Waals surface area contributed by atoms with E-state index in [-0.39, 0.29) is 111 Å². The zero-order chi connectivity index (χ0) is 46.8. The number of aromatic nitrogens is 5. The maximum Gasteiger partial charge on any atom is 0.339 e. The molecule has 350 valence electrons. The molecule has 0 aliphatic heterocycles. The summed E-state index contributed by atoms with van der Waals surface area (Å²) < 4.78 is 71.6. The minimum Gasteiger partial charge on any atom is -0.490 e. The van der Waals surface area contributed by atoms with E-state index in [1.54, 1.807) is 24.4 Å². The van der Waals surface area contributed by atoms with Crippen molar-refractivity contribution in [2.75, 3.05) is 72.3 Å². The fourth-order valence-electron chi connectivity index (χ4n) is 5.79. The molecule has 4 aromatic rings.